The summed E-state index contributed by atoms with van der Waals surface area (Å²) in [5.41, 5.74) is 1.03. The molecule has 1 rings (SSSR count). The summed E-state index contributed by atoms with van der Waals surface area (Å²) in [7, 11) is 0. The summed E-state index contributed by atoms with van der Waals surface area (Å²) in [6.45, 7) is -0.105. The lowest BCUT2D eigenvalue weighted by Gasteiger charge is -2.15. The molecule has 2 unspecified atom stereocenters. The topological polar surface area (TPSA) is 73.6 Å². The van der Waals surface area contributed by atoms with Gasteiger partial charge >= 0.3 is 0 Å². The molecule has 5 heteroatoms. The molecule has 4 nitrogen and oxygen atoms in total. The van der Waals surface area contributed by atoms with Gasteiger partial charge in [-0.15, -0.1) is 0 Å². The van der Waals surface area contributed by atoms with Gasteiger partial charge in [-0.2, -0.15) is 0 Å². The first kappa shape index (κ1) is 11.6. The average Bonchev–Trinajstić information content (AvgIpc) is 2.27. The minimum Gasteiger partial charge on any atom is -0.392 e. The summed E-state index contributed by atoms with van der Waals surface area (Å²) in [4.78, 5) is 3.91. The molecule has 0 fully saturated rings. The van der Waals surface area contributed by atoms with Gasteiger partial charge in [0.2, 0.25) is 0 Å². The Morgan fingerprint density at radius 3 is 2.71 bits per heavy atom. The van der Waals surface area contributed by atoms with Crippen LogP contribution in [0.5, 0.6) is 0 Å². The first-order chi connectivity index (χ1) is 6.69. The maximum absolute atomic E-state index is 9.58. The van der Waals surface area contributed by atoms with Crippen molar-refractivity contribution in [2.45, 2.75) is 18.8 Å². The Morgan fingerprint density at radius 1 is 1.43 bits per heavy atom. The number of hydrogen-bond donors (Lipinski definition) is 3. The van der Waals surface area contributed by atoms with Crippen molar-refractivity contribution >= 4 is 15.9 Å². The van der Waals surface area contributed by atoms with Crippen LogP contribution in [0.3, 0.4) is 0 Å². The SMILES string of the molecule is OCc1ccnc(C(O)C(O)CBr)c1. The molecular formula is C9H12BrNO3. The van der Waals surface area contributed by atoms with Crippen molar-refractivity contribution in [3.05, 3.63) is 29.6 Å². The van der Waals surface area contributed by atoms with Gasteiger partial charge in [-0.1, -0.05) is 15.9 Å². The third-order valence-corrected chi connectivity index (χ3v) is 2.52. The first-order valence-electron chi connectivity index (χ1n) is 4.16. The quantitative estimate of drug-likeness (QED) is 0.685. The van der Waals surface area contributed by atoms with E-state index in [4.69, 9.17) is 5.11 Å². The Kier molecular flexibility index (Phi) is 4.47. The maximum Gasteiger partial charge on any atom is 0.123 e. The second-order valence-corrected chi connectivity index (χ2v) is 3.56. The molecule has 0 aliphatic heterocycles. The Labute approximate surface area is 90.4 Å². The molecule has 0 aromatic carbocycles. The second-order valence-electron chi connectivity index (χ2n) is 2.91. The fourth-order valence-electron chi connectivity index (χ4n) is 1.04. The highest BCUT2D eigenvalue weighted by Gasteiger charge is 2.18. The summed E-state index contributed by atoms with van der Waals surface area (Å²) < 4.78 is 0. The van der Waals surface area contributed by atoms with Crippen LogP contribution in [-0.2, 0) is 6.61 Å². The third-order valence-electron chi connectivity index (χ3n) is 1.85. The van der Waals surface area contributed by atoms with E-state index in [1.807, 2.05) is 0 Å². The molecular weight excluding hydrogens is 250 g/mol. The van der Waals surface area contributed by atoms with E-state index in [0.29, 0.717) is 11.3 Å². The molecule has 2 atom stereocenters. The van der Waals surface area contributed by atoms with Gasteiger partial charge in [0.15, 0.2) is 0 Å². The molecule has 14 heavy (non-hydrogen) atoms. The Bertz CT molecular complexity index is 295. The molecule has 0 bridgehead atoms. The number of aromatic nitrogens is 1. The molecule has 1 aromatic rings. The van der Waals surface area contributed by atoms with E-state index in [1.54, 1.807) is 12.1 Å². The molecule has 0 radical (unpaired) electrons. The Morgan fingerprint density at radius 2 is 2.14 bits per heavy atom. The molecule has 1 heterocycles. The zero-order chi connectivity index (χ0) is 10.6. The molecule has 0 amide bonds. The predicted molar refractivity (Wildman–Crippen MR) is 54.9 cm³/mol. The number of pyridine rings is 1. The van der Waals surface area contributed by atoms with Gasteiger partial charge < -0.3 is 15.3 Å². The van der Waals surface area contributed by atoms with Crippen molar-refractivity contribution in [3.8, 4) is 0 Å². The summed E-state index contributed by atoms with van der Waals surface area (Å²) >= 11 is 3.06. The highest BCUT2D eigenvalue weighted by atomic mass is 79.9. The lowest BCUT2D eigenvalue weighted by atomic mass is 10.1. The van der Waals surface area contributed by atoms with Crippen LogP contribution >= 0.6 is 15.9 Å². The van der Waals surface area contributed by atoms with E-state index >= 15 is 0 Å². The smallest absolute Gasteiger partial charge is 0.123 e. The zero-order valence-corrected chi connectivity index (χ0v) is 9.05. The van der Waals surface area contributed by atoms with E-state index < -0.39 is 12.2 Å². The number of nitrogens with zero attached hydrogens (tertiary/aromatic N) is 1. The van der Waals surface area contributed by atoms with E-state index in [9.17, 15) is 10.2 Å². The highest BCUT2D eigenvalue weighted by molar-refractivity contribution is 9.09. The van der Waals surface area contributed by atoms with Gasteiger partial charge in [-0.25, -0.2) is 0 Å². The second kappa shape index (κ2) is 5.41. The zero-order valence-electron chi connectivity index (χ0n) is 7.47. The minimum atomic E-state index is -1.03. The summed E-state index contributed by atoms with van der Waals surface area (Å²) in [5, 5.41) is 28.1. The lowest BCUT2D eigenvalue weighted by molar-refractivity contribution is 0.0314. The van der Waals surface area contributed by atoms with Crippen LogP contribution < -0.4 is 0 Å². The fraction of sp³-hybridized carbons (Fsp3) is 0.444. The van der Waals surface area contributed by atoms with Gasteiger partial charge in [0, 0.05) is 11.5 Å². The van der Waals surface area contributed by atoms with Gasteiger partial charge in [0.1, 0.15) is 6.10 Å². The van der Waals surface area contributed by atoms with E-state index in [-0.39, 0.29) is 11.9 Å². The van der Waals surface area contributed by atoms with Crippen LogP contribution in [0.4, 0.5) is 0 Å². The number of hydrogen-bond acceptors (Lipinski definition) is 4. The average molecular weight is 262 g/mol. The Hall–Kier alpha value is -0.490. The molecule has 0 saturated heterocycles. The fourth-order valence-corrected chi connectivity index (χ4v) is 1.39. The van der Waals surface area contributed by atoms with Crippen molar-refractivity contribution in [1.29, 1.82) is 0 Å². The normalized spacial score (nSPS) is 15.1. The molecule has 0 saturated carbocycles. The third kappa shape index (κ3) is 2.75. The minimum absolute atomic E-state index is 0.105. The van der Waals surface area contributed by atoms with Crippen LogP contribution in [0, 0.1) is 0 Å². The number of alkyl halides is 1. The van der Waals surface area contributed by atoms with Crippen molar-refractivity contribution in [2.24, 2.45) is 0 Å². The molecule has 78 valence electrons. The number of aliphatic hydroxyl groups is 3. The van der Waals surface area contributed by atoms with Crippen LogP contribution in [0.15, 0.2) is 18.3 Å². The Balaban J connectivity index is 2.83. The van der Waals surface area contributed by atoms with Gasteiger partial charge in [0.05, 0.1) is 18.4 Å². The van der Waals surface area contributed by atoms with E-state index in [1.165, 1.54) is 6.20 Å². The molecule has 0 spiro atoms. The lowest BCUT2D eigenvalue weighted by Crippen LogP contribution is -2.20. The summed E-state index contributed by atoms with van der Waals surface area (Å²) in [6, 6.07) is 3.22. The highest BCUT2D eigenvalue weighted by Crippen LogP contribution is 2.16. The summed E-state index contributed by atoms with van der Waals surface area (Å²) in [5.74, 6) is 0. The van der Waals surface area contributed by atoms with Crippen molar-refractivity contribution < 1.29 is 15.3 Å². The predicted octanol–water partition coefficient (Wildman–Crippen LogP) is 0.363. The van der Waals surface area contributed by atoms with Gasteiger partial charge in [-0.3, -0.25) is 4.98 Å². The van der Waals surface area contributed by atoms with Crippen LogP contribution in [-0.4, -0.2) is 31.7 Å². The van der Waals surface area contributed by atoms with E-state index in [2.05, 4.69) is 20.9 Å². The monoisotopic (exact) mass is 261 g/mol. The van der Waals surface area contributed by atoms with E-state index in [0.717, 1.165) is 0 Å². The van der Waals surface area contributed by atoms with Crippen LogP contribution in [0.1, 0.15) is 17.4 Å². The number of rotatable bonds is 4. The summed E-state index contributed by atoms with van der Waals surface area (Å²) in [6.07, 6.45) is -0.428. The molecule has 3 N–H and O–H groups in total. The molecule has 0 aliphatic carbocycles. The first-order valence-corrected chi connectivity index (χ1v) is 5.29. The standard InChI is InChI=1S/C9H12BrNO3/c10-4-8(13)9(14)7-3-6(5-12)1-2-11-7/h1-3,8-9,12-14H,4-5H2. The number of halogens is 1. The van der Waals surface area contributed by atoms with Gasteiger partial charge in [-0.05, 0) is 17.7 Å². The van der Waals surface area contributed by atoms with Crippen molar-refractivity contribution in [3.63, 3.8) is 0 Å². The van der Waals surface area contributed by atoms with Crippen molar-refractivity contribution in [1.82, 2.24) is 4.98 Å². The van der Waals surface area contributed by atoms with Crippen molar-refractivity contribution in [2.75, 3.05) is 5.33 Å². The van der Waals surface area contributed by atoms with Gasteiger partial charge in [0.25, 0.3) is 0 Å². The molecule has 0 aliphatic rings. The maximum atomic E-state index is 9.58. The van der Waals surface area contributed by atoms with Crippen LogP contribution in [0.2, 0.25) is 0 Å². The van der Waals surface area contributed by atoms with Crippen LogP contribution in [0.25, 0.3) is 0 Å². The number of aliphatic hydroxyl groups excluding tert-OH is 3. The largest absolute Gasteiger partial charge is 0.392 e. The molecule has 1 aromatic heterocycles.